The molecule has 0 rings (SSSR count). The Kier molecular flexibility index (Phi) is 12.7. The van der Waals surface area contributed by atoms with Crippen LogP contribution in [0, 0.1) is 5.92 Å². The van der Waals surface area contributed by atoms with Crippen LogP contribution in [-0.4, -0.2) is 73.4 Å². The van der Waals surface area contributed by atoms with Gasteiger partial charge in [-0.1, -0.05) is 6.42 Å². The molecule has 0 heterocycles. The van der Waals surface area contributed by atoms with Crippen LogP contribution in [0.5, 0.6) is 0 Å². The predicted molar refractivity (Wildman–Crippen MR) is 72.8 cm³/mol. The summed E-state index contributed by atoms with van der Waals surface area (Å²) in [5, 5.41) is 0. The first-order chi connectivity index (χ1) is 8.81. The number of carbonyl (C=O) groups is 2. The molecular weight excluding hydrogens is 299 g/mol. The molecular formula is C11H20NaO7S. The van der Waals surface area contributed by atoms with Crippen LogP contribution in [0.1, 0.15) is 33.1 Å². The molecule has 0 saturated heterocycles. The summed E-state index contributed by atoms with van der Waals surface area (Å²) in [5.74, 6) is -2.78. The average Bonchev–Trinajstić information content (AvgIpc) is 2.27. The van der Waals surface area contributed by atoms with E-state index in [9.17, 15) is 18.0 Å². The molecule has 0 aliphatic rings. The van der Waals surface area contributed by atoms with Crippen LogP contribution in [0.2, 0.25) is 0 Å². The van der Waals surface area contributed by atoms with Crippen molar-refractivity contribution < 1.29 is 32.0 Å². The van der Waals surface area contributed by atoms with E-state index in [1.807, 2.05) is 0 Å². The molecule has 0 aromatic heterocycles. The van der Waals surface area contributed by atoms with Crippen molar-refractivity contribution in [1.29, 1.82) is 0 Å². The molecule has 9 heteroatoms. The number of ether oxygens (including phenoxy) is 2. The molecule has 0 spiro atoms. The quantitative estimate of drug-likeness (QED) is 0.215. The average molecular weight is 319 g/mol. The van der Waals surface area contributed by atoms with Gasteiger partial charge in [0.25, 0.3) is 10.1 Å². The van der Waals surface area contributed by atoms with Gasteiger partial charge in [0.15, 0.2) is 5.92 Å². The first-order valence-electron chi connectivity index (χ1n) is 6.10. The summed E-state index contributed by atoms with van der Waals surface area (Å²) in [6, 6.07) is 0. The van der Waals surface area contributed by atoms with Crippen molar-refractivity contribution in [3.8, 4) is 0 Å². The van der Waals surface area contributed by atoms with Crippen LogP contribution in [0.15, 0.2) is 0 Å². The maximum atomic E-state index is 11.6. The molecule has 0 aliphatic carbocycles. The third-order valence-electron chi connectivity index (χ3n) is 2.29. The van der Waals surface area contributed by atoms with E-state index in [0.29, 0.717) is 6.42 Å². The molecule has 1 radical (unpaired) electrons. The minimum atomic E-state index is -4.02. The Morgan fingerprint density at radius 2 is 1.50 bits per heavy atom. The molecule has 7 nitrogen and oxygen atoms in total. The van der Waals surface area contributed by atoms with Crippen molar-refractivity contribution in [1.82, 2.24) is 0 Å². The first kappa shape index (κ1) is 22.1. The molecule has 0 unspecified atom stereocenters. The van der Waals surface area contributed by atoms with Gasteiger partial charge in [0.2, 0.25) is 0 Å². The summed E-state index contributed by atoms with van der Waals surface area (Å²) in [4.78, 5) is 23.1. The van der Waals surface area contributed by atoms with Gasteiger partial charge in [-0.25, -0.2) is 0 Å². The van der Waals surface area contributed by atoms with Crippen LogP contribution in [0.25, 0.3) is 0 Å². The number of carbonyl (C=O) groups excluding carboxylic acids is 2. The first-order valence-corrected chi connectivity index (χ1v) is 7.71. The second kappa shape index (κ2) is 11.5. The molecule has 0 aliphatic heterocycles. The minimum Gasteiger partial charge on any atom is -0.465 e. The Morgan fingerprint density at radius 1 is 1.05 bits per heavy atom. The second-order valence-electron chi connectivity index (χ2n) is 3.84. The molecule has 0 fully saturated rings. The van der Waals surface area contributed by atoms with Crippen LogP contribution in [-0.2, 0) is 29.2 Å². The SMILES string of the molecule is CCOC(=O)C(CCCCS(=O)(=O)O)C(=O)OCC.[Na]. The minimum absolute atomic E-state index is 0. The van der Waals surface area contributed by atoms with Crippen molar-refractivity contribution in [2.45, 2.75) is 33.1 Å². The van der Waals surface area contributed by atoms with Crippen LogP contribution < -0.4 is 0 Å². The van der Waals surface area contributed by atoms with Gasteiger partial charge in [-0.2, -0.15) is 8.42 Å². The van der Waals surface area contributed by atoms with Crippen molar-refractivity contribution in [3.63, 3.8) is 0 Å². The molecule has 1 N–H and O–H groups in total. The van der Waals surface area contributed by atoms with E-state index < -0.39 is 33.7 Å². The third-order valence-corrected chi connectivity index (χ3v) is 3.09. The van der Waals surface area contributed by atoms with E-state index in [-0.39, 0.29) is 55.6 Å². The maximum Gasteiger partial charge on any atom is 0.320 e. The summed E-state index contributed by atoms with van der Waals surface area (Å²) < 4.78 is 39.1. The molecule has 0 aromatic rings. The van der Waals surface area contributed by atoms with Gasteiger partial charge in [-0.05, 0) is 26.7 Å². The number of esters is 2. The summed E-state index contributed by atoms with van der Waals surface area (Å²) in [6.07, 6.45) is 0.587. The van der Waals surface area contributed by atoms with Crippen molar-refractivity contribution in [3.05, 3.63) is 0 Å². The molecule has 20 heavy (non-hydrogen) atoms. The molecule has 113 valence electrons. The van der Waals surface area contributed by atoms with Crippen LogP contribution >= 0.6 is 0 Å². The van der Waals surface area contributed by atoms with Gasteiger partial charge < -0.3 is 9.47 Å². The monoisotopic (exact) mass is 319 g/mol. The largest absolute Gasteiger partial charge is 0.465 e. The van der Waals surface area contributed by atoms with Gasteiger partial charge in [-0.3, -0.25) is 14.1 Å². The van der Waals surface area contributed by atoms with E-state index in [4.69, 9.17) is 14.0 Å². The van der Waals surface area contributed by atoms with Gasteiger partial charge in [-0.15, -0.1) is 0 Å². The second-order valence-corrected chi connectivity index (χ2v) is 5.41. The van der Waals surface area contributed by atoms with E-state index in [2.05, 4.69) is 0 Å². The maximum absolute atomic E-state index is 11.6. The third kappa shape index (κ3) is 10.6. The van der Waals surface area contributed by atoms with E-state index in [1.165, 1.54) is 0 Å². The van der Waals surface area contributed by atoms with Crippen molar-refractivity contribution in [2.75, 3.05) is 19.0 Å². The van der Waals surface area contributed by atoms with Crippen molar-refractivity contribution >= 4 is 51.6 Å². The Hall–Kier alpha value is -0.150. The van der Waals surface area contributed by atoms with Gasteiger partial charge in [0.1, 0.15) is 0 Å². The number of hydrogen-bond acceptors (Lipinski definition) is 6. The number of unbranched alkanes of at least 4 members (excludes halogenated alkanes) is 1. The Labute approximate surface area is 141 Å². The fourth-order valence-electron chi connectivity index (χ4n) is 1.45. The normalized spacial score (nSPS) is 10.8. The topological polar surface area (TPSA) is 107 Å². The van der Waals surface area contributed by atoms with E-state index in [1.54, 1.807) is 13.8 Å². The zero-order chi connectivity index (χ0) is 14.9. The Bertz CT molecular complexity index is 376. The summed E-state index contributed by atoms with van der Waals surface area (Å²) in [5.41, 5.74) is 0. The fraction of sp³-hybridized carbons (Fsp3) is 0.818. The molecule has 0 bridgehead atoms. The van der Waals surface area contributed by atoms with Gasteiger partial charge in [0, 0.05) is 29.6 Å². The molecule has 0 aromatic carbocycles. The zero-order valence-electron chi connectivity index (χ0n) is 12.1. The predicted octanol–water partition coefficient (Wildman–Crippen LogP) is 0.406. The Morgan fingerprint density at radius 3 is 1.85 bits per heavy atom. The Balaban J connectivity index is 0. The van der Waals surface area contributed by atoms with E-state index >= 15 is 0 Å². The van der Waals surface area contributed by atoms with Gasteiger partial charge >= 0.3 is 11.9 Å². The standard InChI is InChI=1S/C11H20O7S.Na/c1-3-17-10(12)9(11(13)18-4-2)7-5-6-8-19(14,15)16;/h9H,3-8H2,1-2H3,(H,14,15,16);. The van der Waals surface area contributed by atoms with Crippen molar-refractivity contribution in [2.24, 2.45) is 5.92 Å². The molecule has 0 atom stereocenters. The summed E-state index contributed by atoms with van der Waals surface area (Å²) in [7, 11) is -4.02. The van der Waals surface area contributed by atoms with Crippen LogP contribution in [0.3, 0.4) is 0 Å². The summed E-state index contributed by atoms with van der Waals surface area (Å²) >= 11 is 0. The van der Waals surface area contributed by atoms with Crippen LogP contribution in [0.4, 0.5) is 0 Å². The number of hydrogen-bond donors (Lipinski definition) is 1. The van der Waals surface area contributed by atoms with E-state index in [0.717, 1.165) is 0 Å². The fourth-order valence-corrected chi connectivity index (χ4v) is 2.02. The molecule has 0 saturated carbocycles. The summed E-state index contributed by atoms with van der Waals surface area (Å²) in [6.45, 7) is 3.55. The zero-order valence-corrected chi connectivity index (χ0v) is 14.9. The van der Waals surface area contributed by atoms with Gasteiger partial charge in [0.05, 0.1) is 19.0 Å². The molecule has 0 amide bonds. The smallest absolute Gasteiger partial charge is 0.320 e. The number of rotatable bonds is 9.